The predicted molar refractivity (Wildman–Crippen MR) is 118 cm³/mol. The van der Waals surface area contributed by atoms with Gasteiger partial charge >= 0.3 is 0 Å². The maximum atomic E-state index is 13.2. The van der Waals surface area contributed by atoms with E-state index in [4.69, 9.17) is 4.74 Å². The summed E-state index contributed by atoms with van der Waals surface area (Å²) < 4.78 is 18.6. The van der Waals surface area contributed by atoms with Crippen LogP contribution in [-0.2, 0) is 16.0 Å². The van der Waals surface area contributed by atoms with Crippen LogP contribution in [0.15, 0.2) is 66.6 Å². The third kappa shape index (κ3) is 6.26. The highest BCUT2D eigenvalue weighted by atomic mass is 19.1. The number of benzene rings is 1. The zero-order chi connectivity index (χ0) is 21.3. The van der Waals surface area contributed by atoms with E-state index >= 15 is 0 Å². The first-order valence-corrected chi connectivity index (χ1v) is 10.2. The molecule has 1 saturated heterocycles. The van der Waals surface area contributed by atoms with Gasteiger partial charge in [-0.3, -0.25) is 9.78 Å². The van der Waals surface area contributed by atoms with E-state index in [1.807, 2.05) is 12.1 Å². The molecule has 1 aliphatic heterocycles. The first-order valence-electron chi connectivity index (χ1n) is 10.2. The smallest absolute Gasteiger partial charge is 0.226 e. The van der Waals surface area contributed by atoms with Gasteiger partial charge in [0.25, 0.3) is 0 Å². The Hall–Kier alpha value is -2.99. The largest absolute Gasteiger partial charge is 0.378 e. The summed E-state index contributed by atoms with van der Waals surface area (Å²) in [6.07, 6.45) is 3.63. The number of carbonyl (C=O) groups excluding carboxylic acids is 1. The standard InChI is InChI=1S/C24H28FN3O2/c1-3-21(25)14-18(2)16-27-24(29)15-22-7-4-20(17-26-22)19-5-8-23(9-6-19)28-10-12-30-13-11-28/h4-9,14,17H,2-3,10-13,15-16H2,1H3,(H,27,29). The van der Waals surface area contributed by atoms with Crippen molar-refractivity contribution in [3.63, 3.8) is 0 Å². The van der Waals surface area contributed by atoms with Crippen LogP contribution in [-0.4, -0.2) is 43.7 Å². The van der Waals surface area contributed by atoms with Crippen molar-refractivity contribution < 1.29 is 13.9 Å². The molecule has 1 fully saturated rings. The molecule has 2 heterocycles. The Morgan fingerprint density at radius 3 is 2.53 bits per heavy atom. The molecule has 30 heavy (non-hydrogen) atoms. The summed E-state index contributed by atoms with van der Waals surface area (Å²) >= 11 is 0. The number of pyridine rings is 1. The summed E-state index contributed by atoms with van der Waals surface area (Å²) in [5.41, 5.74) is 4.49. The first kappa shape index (κ1) is 21.7. The number of halogens is 1. The quantitative estimate of drug-likeness (QED) is 0.668. The number of aromatic nitrogens is 1. The lowest BCUT2D eigenvalue weighted by atomic mass is 10.1. The molecule has 0 saturated carbocycles. The van der Waals surface area contributed by atoms with Crippen LogP contribution in [0.4, 0.5) is 10.1 Å². The van der Waals surface area contributed by atoms with E-state index in [1.54, 1.807) is 13.1 Å². The van der Waals surface area contributed by atoms with Gasteiger partial charge in [0.1, 0.15) is 0 Å². The van der Waals surface area contributed by atoms with Crippen LogP contribution in [0.25, 0.3) is 11.1 Å². The third-order valence-corrected chi connectivity index (χ3v) is 4.95. The van der Waals surface area contributed by atoms with Gasteiger partial charge in [0, 0.05) is 42.8 Å². The minimum atomic E-state index is -0.246. The zero-order valence-electron chi connectivity index (χ0n) is 17.4. The molecule has 0 radical (unpaired) electrons. The molecule has 1 aromatic carbocycles. The molecule has 1 amide bonds. The molecule has 1 aromatic heterocycles. The summed E-state index contributed by atoms with van der Waals surface area (Å²) in [5, 5.41) is 2.74. The van der Waals surface area contributed by atoms with Crippen molar-refractivity contribution in [3.05, 3.63) is 72.3 Å². The molecule has 0 unspecified atom stereocenters. The fourth-order valence-corrected chi connectivity index (χ4v) is 3.20. The number of anilines is 1. The van der Waals surface area contributed by atoms with E-state index in [0.717, 1.165) is 37.4 Å². The lowest BCUT2D eigenvalue weighted by molar-refractivity contribution is -0.120. The van der Waals surface area contributed by atoms with E-state index < -0.39 is 0 Å². The van der Waals surface area contributed by atoms with Crippen LogP contribution in [0, 0.1) is 0 Å². The second kappa shape index (κ2) is 10.7. The fourth-order valence-electron chi connectivity index (χ4n) is 3.20. The van der Waals surface area contributed by atoms with Crippen molar-refractivity contribution in [2.24, 2.45) is 0 Å². The van der Waals surface area contributed by atoms with E-state index in [1.165, 1.54) is 11.8 Å². The Morgan fingerprint density at radius 2 is 1.90 bits per heavy atom. The molecule has 1 aliphatic rings. The molecule has 158 valence electrons. The lowest BCUT2D eigenvalue weighted by Crippen LogP contribution is -2.36. The van der Waals surface area contributed by atoms with Gasteiger partial charge in [-0.15, -0.1) is 0 Å². The summed E-state index contributed by atoms with van der Waals surface area (Å²) in [4.78, 5) is 18.8. The van der Waals surface area contributed by atoms with E-state index in [-0.39, 0.29) is 24.7 Å². The highest BCUT2D eigenvalue weighted by Gasteiger charge is 2.11. The van der Waals surface area contributed by atoms with Gasteiger partial charge < -0.3 is 15.0 Å². The topological polar surface area (TPSA) is 54.5 Å². The van der Waals surface area contributed by atoms with Crippen LogP contribution >= 0.6 is 0 Å². The normalized spacial score (nSPS) is 14.5. The number of hydrogen-bond acceptors (Lipinski definition) is 4. The Balaban J connectivity index is 1.53. The summed E-state index contributed by atoms with van der Waals surface area (Å²) in [5.74, 6) is -0.416. The fraction of sp³-hybridized carbons (Fsp3) is 0.333. The number of morpholine rings is 1. The van der Waals surface area contributed by atoms with Crippen LogP contribution < -0.4 is 10.2 Å². The highest BCUT2D eigenvalue weighted by Crippen LogP contribution is 2.23. The van der Waals surface area contributed by atoms with Gasteiger partial charge in [-0.2, -0.15) is 0 Å². The third-order valence-electron chi connectivity index (χ3n) is 4.95. The molecule has 3 rings (SSSR count). The second-order valence-corrected chi connectivity index (χ2v) is 7.24. The molecular formula is C24H28FN3O2. The van der Waals surface area contributed by atoms with Gasteiger partial charge in [0.15, 0.2) is 0 Å². The summed E-state index contributed by atoms with van der Waals surface area (Å²) in [6, 6.07) is 12.2. The first-order chi connectivity index (χ1) is 14.5. The van der Waals surface area contributed by atoms with Crippen LogP contribution in [0.1, 0.15) is 19.0 Å². The van der Waals surface area contributed by atoms with Gasteiger partial charge in [0.2, 0.25) is 5.91 Å². The van der Waals surface area contributed by atoms with Gasteiger partial charge in [-0.1, -0.05) is 31.7 Å². The van der Waals surface area contributed by atoms with E-state index in [2.05, 4.69) is 46.0 Å². The van der Waals surface area contributed by atoms with Crippen molar-refractivity contribution in [3.8, 4) is 11.1 Å². The van der Waals surface area contributed by atoms with Gasteiger partial charge in [-0.25, -0.2) is 4.39 Å². The molecule has 2 aromatic rings. The number of ether oxygens (including phenoxy) is 1. The van der Waals surface area contributed by atoms with Crippen molar-refractivity contribution in [2.75, 3.05) is 37.7 Å². The minimum absolute atomic E-state index is 0.170. The molecule has 0 bridgehead atoms. The van der Waals surface area contributed by atoms with Crippen LogP contribution in [0.5, 0.6) is 0 Å². The lowest BCUT2D eigenvalue weighted by Gasteiger charge is -2.28. The predicted octanol–water partition coefficient (Wildman–Crippen LogP) is 4.06. The summed E-state index contributed by atoms with van der Waals surface area (Å²) in [6.45, 7) is 9.05. The Kier molecular flexibility index (Phi) is 7.74. The maximum absolute atomic E-state index is 13.2. The Labute approximate surface area is 177 Å². The second-order valence-electron chi connectivity index (χ2n) is 7.24. The molecule has 6 heteroatoms. The van der Waals surface area contributed by atoms with Crippen molar-refractivity contribution in [1.82, 2.24) is 10.3 Å². The maximum Gasteiger partial charge on any atom is 0.226 e. The Morgan fingerprint density at radius 1 is 1.20 bits per heavy atom. The number of amides is 1. The summed E-state index contributed by atoms with van der Waals surface area (Å²) in [7, 11) is 0. The van der Waals surface area contributed by atoms with Crippen molar-refractivity contribution >= 4 is 11.6 Å². The number of rotatable bonds is 8. The molecular weight excluding hydrogens is 381 g/mol. The average molecular weight is 410 g/mol. The Bertz CT molecular complexity index is 886. The van der Waals surface area contributed by atoms with Crippen molar-refractivity contribution in [2.45, 2.75) is 19.8 Å². The number of carbonyl (C=O) groups is 1. The number of nitrogens with one attached hydrogen (secondary N) is 1. The minimum Gasteiger partial charge on any atom is -0.378 e. The van der Waals surface area contributed by atoms with Crippen molar-refractivity contribution in [1.29, 1.82) is 0 Å². The molecule has 1 N–H and O–H groups in total. The highest BCUT2D eigenvalue weighted by molar-refractivity contribution is 5.78. The molecule has 0 spiro atoms. The number of allylic oxidation sites excluding steroid dienone is 1. The van der Waals surface area contributed by atoms with Gasteiger partial charge in [-0.05, 0) is 41.8 Å². The monoisotopic (exact) mass is 409 g/mol. The molecule has 5 nitrogen and oxygen atoms in total. The van der Waals surface area contributed by atoms with Gasteiger partial charge in [0.05, 0.1) is 25.5 Å². The average Bonchev–Trinajstić information content (AvgIpc) is 2.79. The number of hydrogen-bond donors (Lipinski definition) is 1. The van der Waals surface area contributed by atoms with Crippen LogP contribution in [0.2, 0.25) is 0 Å². The molecule has 0 aliphatic carbocycles. The zero-order valence-corrected chi connectivity index (χ0v) is 17.4. The molecule has 0 atom stereocenters. The number of nitrogens with zero attached hydrogens (tertiary/aromatic N) is 2. The van der Waals surface area contributed by atoms with E-state index in [0.29, 0.717) is 17.7 Å². The van der Waals surface area contributed by atoms with Crippen LogP contribution in [0.3, 0.4) is 0 Å². The SMILES string of the molecule is C=C(C=C(F)CC)CNC(=O)Cc1ccc(-c2ccc(N3CCOCC3)cc2)cn1. The van der Waals surface area contributed by atoms with E-state index in [9.17, 15) is 9.18 Å².